The number of nitrogens with zero attached hydrogens (tertiary/aromatic N) is 4. The fourth-order valence-corrected chi connectivity index (χ4v) is 4.08. The zero-order valence-electron chi connectivity index (χ0n) is 18.1. The van der Waals surface area contributed by atoms with Gasteiger partial charge < -0.3 is 9.72 Å². The molecule has 7 heteroatoms. The summed E-state index contributed by atoms with van der Waals surface area (Å²) in [5.74, 6) is 0. The molecule has 29 heavy (non-hydrogen) atoms. The Labute approximate surface area is 173 Å². The first-order valence-corrected chi connectivity index (χ1v) is 13.9. The normalized spacial score (nSPS) is 12.4. The Morgan fingerprint density at radius 1 is 1.28 bits per heavy atom. The molecule has 3 heterocycles. The molecular weight excluding hydrogens is 378 g/mol. The highest BCUT2D eigenvalue weighted by Crippen LogP contribution is 2.33. The predicted octanol–water partition coefficient (Wildman–Crippen LogP) is 5.32. The number of aromatic amines is 1. The summed E-state index contributed by atoms with van der Waals surface area (Å²) in [6, 6.07) is 5.44. The summed E-state index contributed by atoms with van der Waals surface area (Å²) < 4.78 is 8.00. The first-order valence-electron chi connectivity index (χ1n) is 10.2. The molecule has 1 N–H and O–H groups in total. The van der Waals surface area contributed by atoms with Gasteiger partial charge in [0.15, 0.2) is 0 Å². The third-order valence-electron chi connectivity index (χ3n) is 5.26. The second kappa shape index (κ2) is 8.52. The minimum atomic E-state index is -1.12. The van der Waals surface area contributed by atoms with E-state index in [1.807, 2.05) is 23.3 Å². The van der Waals surface area contributed by atoms with Crippen LogP contribution < -0.4 is 0 Å². The van der Waals surface area contributed by atoms with E-state index in [1.165, 1.54) is 0 Å². The lowest BCUT2D eigenvalue weighted by Crippen LogP contribution is -2.26. The minimum Gasteiger partial charge on any atom is -0.377 e. The number of aromatic nitrogens is 4. The molecule has 0 fully saturated rings. The lowest BCUT2D eigenvalue weighted by molar-refractivity contribution is 0.133. The topological polar surface area (TPSA) is 79.5 Å². The van der Waals surface area contributed by atoms with Crippen LogP contribution in [0.5, 0.6) is 0 Å². The SMILES string of the molecule is CC(C)(CCC#N)n1cc(-c2c(COCC[Si](C)(C)C)cnc3[nH]ccc23)cn1. The zero-order chi connectivity index (χ0) is 21.1. The maximum Gasteiger partial charge on any atom is 0.137 e. The van der Waals surface area contributed by atoms with Gasteiger partial charge >= 0.3 is 0 Å². The number of ether oxygens (including phenoxy) is 1. The molecule has 0 saturated heterocycles. The van der Waals surface area contributed by atoms with Crippen LogP contribution in [0.2, 0.25) is 25.7 Å². The molecule has 3 aromatic heterocycles. The summed E-state index contributed by atoms with van der Waals surface area (Å²) in [7, 11) is -1.12. The lowest BCUT2D eigenvalue weighted by Gasteiger charge is -2.24. The molecular formula is C22H31N5OSi. The number of nitriles is 1. The second-order valence-electron chi connectivity index (χ2n) is 9.41. The quantitative estimate of drug-likeness (QED) is 0.383. The maximum atomic E-state index is 8.94. The fraction of sp³-hybridized carbons (Fsp3) is 0.500. The third-order valence-corrected chi connectivity index (χ3v) is 6.96. The highest BCUT2D eigenvalue weighted by atomic mass is 28.3. The van der Waals surface area contributed by atoms with Crippen LogP contribution in [0.1, 0.15) is 32.3 Å². The van der Waals surface area contributed by atoms with Crippen LogP contribution in [-0.2, 0) is 16.9 Å². The van der Waals surface area contributed by atoms with Crippen LogP contribution in [0, 0.1) is 11.3 Å². The molecule has 0 amide bonds. The number of fused-ring (bicyclic) bond motifs is 1. The smallest absolute Gasteiger partial charge is 0.137 e. The first-order chi connectivity index (χ1) is 13.7. The van der Waals surface area contributed by atoms with Gasteiger partial charge in [-0.05, 0) is 32.4 Å². The largest absolute Gasteiger partial charge is 0.377 e. The average Bonchev–Trinajstić information content (AvgIpc) is 3.32. The van der Waals surface area contributed by atoms with E-state index >= 15 is 0 Å². The lowest BCUT2D eigenvalue weighted by atomic mass is 9.98. The number of pyridine rings is 1. The molecule has 0 spiro atoms. The number of hydrogen-bond acceptors (Lipinski definition) is 4. The van der Waals surface area contributed by atoms with Crippen molar-refractivity contribution in [2.45, 2.75) is 64.5 Å². The van der Waals surface area contributed by atoms with Crippen molar-refractivity contribution >= 4 is 19.1 Å². The van der Waals surface area contributed by atoms with Gasteiger partial charge in [0, 0.05) is 61.8 Å². The predicted molar refractivity (Wildman–Crippen MR) is 119 cm³/mol. The van der Waals surface area contributed by atoms with Crippen molar-refractivity contribution in [1.82, 2.24) is 19.7 Å². The molecule has 0 aliphatic carbocycles. The molecule has 154 valence electrons. The molecule has 0 saturated carbocycles. The Morgan fingerprint density at radius 2 is 2.07 bits per heavy atom. The summed E-state index contributed by atoms with van der Waals surface area (Å²) >= 11 is 0. The molecule has 0 aromatic carbocycles. The molecule has 0 aliphatic rings. The van der Waals surface area contributed by atoms with Crippen LogP contribution >= 0.6 is 0 Å². The van der Waals surface area contributed by atoms with Gasteiger partial charge in [0.1, 0.15) is 5.65 Å². The molecule has 0 aliphatic heterocycles. The van der Waals surface area contributed by atoms with Gasteiger partial charge in [0.2, 0.25) is 0 Å². The van der Waals surface area contributed by atoms with Crippen molar-refractivity contribution in [3.8, 4) is 17.2 Å². The van der Waals surface area contributed by atoms with Crippen molar-refractivity contribution in [2.75, 3.05) is 6.61 Å². The van der Waals surface area contributed by atoms with Crippen LogP contribution in [0.4, 0.5) is 0 Å². The van der Waals surface area contributed by atoms with Gasteiger partial charge in [-0.3, -0.25) is 4.68 Å². The van der Waals surface area contributed by atoms with E-state index in [-0.39, 0.29) is 5.54 Å². The van der Waals surface area contributed by atoms with Crippen LogP contribution in [-0.4, -0.2) is 34.4 Å². The maximum absolute atomic E-state index is 8.94. The average molecular weight is 410 g/mol. The van der Waals surface area contributed by atoms with E-state index in [2.05, 4.69) is 66.9 Å². The summed E-state index contributed by atoms with van der Waals surface area (Å²) in [6.07, 6.45) is 9.06. The van der Waals surface area contributed by atoms with Gasteiger partial charge in [0.05, 0.1) is 24.4 Å². The minimum absolute atomic E-state index is 0.216. The highest BCUT2D eigenvalue weighted by molar-refractivity contribution is 6.76. The standard InChI is InChI=1S/C22H31N5OSi/c1-22(2,8-6-9-23)27-15-17(14-26-27)20-18(16-28-11-12-29(3,4)5)13-25-21-19(20)7-10-24-21/h7,10,13-15H,6,8,11-12,16H2,1-5H3,(H,24,25). The molecule has 6 nitrogen and oxygen atoms in total. The van der Waals surface area contributed by atoms with Gasteiger partial charge in [-0.2, -0.15) is 10.4 Å². The van der Waals surface area contributed by atoms with Crippen LogP contribution in [0.3, 0.4) is 0 Å². The van der Waals surface area contributed by atoms with Crippen molar-refractivity contribution < 1.29 is 4.74 Å². The zero-order valence-corrected chi connectivity index (χ0v) is 19.1. The van der Waals surface area contributed by atoms with Gasteiger partial charge in [-0.1, -0.05) is 19.6 Å². The summed E-state index contributed by atoms with van der Waals surface area (Å²) in [5.41, 5.74) is 3.88. The second-order valence-corrected chi connectivity index (χ2v) is 15.0. The van der Waals surface area contributed by atoms with E-state index in [4.69, 9.17) is 10.00 Å². The van der Waals surface area contributed by atoms with E-state index in [1.54, 1.807) is 0 Å². The van der Waals surface area contributed by atoms with E-state index < -0.39 is 8.07 Å². The molecule has 3 rings (SSSR count). The molecule has 0 bridgehead atoms. The van der Waals surface area contributed by atoms with Crippen molar-refractivity contribution in [2.24, 2.45) is 0 Å². The summed E-state index contributed by atoms with van der Waals surface area (Å²) in [6.45, 7) is 12.6. The Balaban J connectivity index is 1.90. The number of nitrogens with one attached hydrogen (secondary N) is 1. The van der Waals surface area contributed by atoms with Gasteiger partial charge in [0.25, 0.3) is 0 Å². The third kappa shape index (κ3) is 5.14. The Hall–Kier alpha value is -2.43. The van der Waals surface area contributed by atoms with Crippen molar-refractivity contribution in [1.29, 1.82) is 5.26 Å². The highest BCUT2D eigenvalue weighted by Gasteiger charge is 2.22. The number of hydrogen-bond donors (Lipinski definition) is 1. The van der Waals surface area contributed by atoms with Gasteiger partial charge in [-0.15, -0.1) is 0 Å². The van der Waals surface area contributed by atoms with Crippen LogP contribution in [0.15, 0.2) is 30.9 Å². The summed E-state index contributed by atoms with van der Waals surface area (Å²) in [5, 5.41) is 14.6. The van der Waals surface area contributed by atoms with E-state index in [0.29, 0.717) is 13.0 Å². The monoisotopic (exact) mass is 409 g/mol. The first kappa shape index (κ1) is 21.3. The Kier molecular flexibility index (Phi) is 6.25. The summed E-state index contributed by atoms with van der Waals surface area (Å²) in [4.78, 5) is 7.76. The van der Waals surface area contributed by atoms with Crippen molar-refractivity contribution in [3.63, 3.8) is 0 Å². The van der Waals surface area contributed by atoms with E-state index in [0.717, 1.165) is 46.8 Å². The van der Waals surface area contributed by atoms with Crippen molar-refractivity contribution in [3.05, 3.63) is 36.4 Å². The Morgan fingerprint density at radius 3 is 2.79 bits per heavy atom. The molecule has 3 aromatic rings. The number of rotatable bonds is 9. The molecule has 0 radical (unpaired) electrons. The Bertz CT molecular complexity index is 1010. The molecule has 0 atom stereocenters. The molecule has 0 unspecified atom stereocenters. The number of H-pyrrole nitrogens is 1. The fourth-order valence-electron chi connectivity index (χ4n) is 3.32. The van der Waals surface area contributed by atoms with Gasteiger partial charge in [-0.25, -0.2) is 4.98 Å². The van der Waals surface area contributed by atoms with E-state index in [9.17, 15) is 0 Å². The van der Waals surface area contributed by atoms with Crippen LogP contribution in [0.25, 0.3) is 22.2 Å².